The van der Waals surface area contributed by atoms with Crippen LogP contribution in [0.2, 0.25) is 0 Å². The topological polar surface area (TPSA) is 98.9 Å². The number of carbonyl (C=O) groups excluding carboxylic acids is 3. The molecule has 0 radical (unpaired) electrons. The molecule has 0 bridgehead atoms. The van der Waals surface area contributed by atoms with Gasteiger partial charge in [0.25, 0.3) is 5.91 Å². The van der Waals surface area contributed by atoms with Crippen molar-refractivity contribution in [3.05, 3.63) is 29.3 Å². The summed E-state index contributed by atoms with van der Waals surface area (Å²) in [4.78, 5) is 37.2. The molecule has 1 fully saturated rings. The molecule has 0 atom stereocenters. The molecule has 1 aliphatic rings. The lowest BCUT2D eigenvalue weighted by molar-refractivity contribution is -0.149. The van der Waals surface area contributed by atoms with E-state index in [1.165, 1.54) is 7.11 Å². The first-order chi connectivity index (χ1) is 11.4. The first-order valence-corrected chi connectivity index (χ1v) is 7.82. The largest absolute Gasteiger partial charge is 0.469 e. The fraction of sp³-hybridized carbons (Fsp3) is 0.471. The van der Waals surface area contributed by atoms with Gasteiger partial charge in [-0.2, -0.15) is 0 Å². The third-order valence-corrected chi connectivity index (χ3v) is 4.25. The number of piperidine rings is 1. The normalized spacial score (nSPS) is 15.0. The standard InChI is InChI=1S/C17H22N2O5/c1-11-4-3-5-13(15(11)18)17(22)24-10-14(20)19-8-6-12(7-9-19)16(21)23-2/h3-5,12H,6-10,18H2,1-2H3. The fourth-order valence-corrected chi connectivity index (χ4v) is 2.69. The van der Waals surface area contributed by atoms with Crippen LogP contribution in [0.3, 0.4) is 0 Å². The molecule has 1 aromatic rings. The Kier molecular flexibility index (Phi) is 5.78. The smallest absolute Gasteiger partial charge is 0.340 e. The zero-order valence-electron chi connectivity index (χ0n) is 13.9. The molecule has 2 rings (SSSR count). The molecule has 1 aromatic carbocycles. The number of anilines is 1. The Bertz CT molecular complexity index is 636. The zero-order valence-corrected chi connectivity index (χ0v) is 13.9. The van der Waals surface area contributed by atoms with Crippen LogP contribution in [0.1, 0.15) is 28.8 Å². The van der Waals surface area contributed by atoms with Gasteiger partial charge >= 0.3 is 11.9 Å². The Morgan fingerprint density at radius 1 is 1.25 bits per heavy atom. The Morgan fingerprint density at radius 3 is 2.54 bits per heavy atom. The molecule has 0 unspecified atom stereocenters. The first kappa shape index (κ1) is 17.8. The minimum absolute atomic E-state index is 0.173. The van der Waals surface area contributed by atoms with Crippen molar-refractivity contribution in [2.24, 2.45) is 5.92 Å². The van der Waals surface area contributed by atoms with Gasteiger partial charge in [0.05, 0.1) is 18.6 Å². The van der Waals surface area contributed by atoms with Gasteiger partial charge in [-0.3, -0.25) is 9.59 Å². The van der Waals surface area contributed by atoms with Crippen LogP contribution in [0, 0.1) is 12.8 Å². The average Bonchev–Trinajstić information content (AvgIpc) is 2.61. The van der Waals surface area contributed by atoms with Crippen LogP contribution in [-0.4, -0.2) is 49.6 Å². The maximum atomic E-state index is 12.1. The summed E-state index contributed by atoms with van der Waals surface area (Å²) >= 11 is 0. The number of ether oxygens (including phenoxy) is 2. The van der Waals surface area contributed by atoms with Crippen molar-refractivity contribution < 1.29 is 23.9 Å². The van der Waals surface area contributed by atoms with Gasteiger partial charge in [0.15, 0.2) is 6.61 Å². The van der Waals surface area contributed by atoms with Crippen molar-refractivity contribution in [2.75, 3.05) is 32.5 Å². The number of methoxy groups -OCH3 is 1. The van der Waals surface area contributed by atoms with Crippen molar-refractivity contribution in [1.29, 1.82) is 0 Å². The maximum absolute atomic E-state index is 12.1. The van der Waals surface area contributed by atoms with E-state index in [2.05, 4.69) is 0 Å². The molecule has 7 heteroatoms. The molecule has 2 N–H and O–H groups in total. The van der Waals surface area contributed by atoms with Gasteiger partial charge < -0.3 is 20.1 Å². The second-order valence-electron chi connectivity index (χ2n) is 5.79. The lowest BCUT2D eigenvalue weighted by Gasteiger charge is -2.30. The van der Waals surface area contributed by atoms with Crippen molar-refractivity contribution in [3.8, 4) is 0 Å². The van der Waals surface area contributed by atoms with E-state index in [0.717, 1.165) is 5.56 Å². The summed E-state index contributed by atoms with van der Waals surface area (Å²) in [6.07, 6.45) is 1.11. The molecule has 7 nitrogen and oxygen atoms in total. The molecule has 130 valence electrons. The number of amides is 1. The van der Waals surface area contributed by atoms with Gasteiger partial charge in [-0.25, -0.2) is 4.79 Å². The van der Waals surface area contributed by atoms with Gasteiger partial charge in [-0.1, -0.05) is 12.1 Å². The van der Waals surface area contributed by atoms with Crippen molar-refractivity contribution in [1.82, 2.24) is 4.90 Å². The number of benzene rings is 1. The van der Waals surface area contributed by atoms with Gasteiger partial charge in [-0.05, 0) is 31.4 Å². The summed E-state index contributed by atoms with van der Waals surface area (Å²) < 4.78 is 9.78. The monoisotopic (exact) mass is 334 g/mol. The SMILES string of the molecule is COC(=O)C1CCN(C(=O)COC(=O)c2cccc(C)c2N)CC1. The molecule has 1 saturated heterocycles. The highest BCUT2D eigenvalue weighted by atomic mass is 16.5. The molecule has 0 aliphatic carbocycles. The second-order valence-corrected chi connectivity index (χ2v) is 5.79. The molecular formula is C17H22N2O5. The summed E-state index contributed by atoms with van der Waals surface area (Å²) in [5.41, 5.74) is 7.24. The summed E-state index contributed by atoms with van der Waals surface area (Å²) in [5, 5.41) is 0. The summed E-state index contributed by atoms with van der Waals surface area (Å²) in [7, 11) is 1.36. The van der Waals surface area contributed by atoms with Crippen LogP contribution >= 0.6 is 0 Å². The third kappa shape index (κ3) is 4.04. The minimum Gasteiger partial charge on any atom is -0.469 e. The number of aryl methyl sites for hydroxylation is 1. The number of rotatable bonds is 4. The molecule has 0 aromatic heterocycles. The van der Waals surface area contributed by atoms with Crippen molar-refractivity contribution in [2.45, 2.75) is 19.8 Å². The molecule has 1 aliphatic heterocycles. The highest BCUT2D eigenvalue weighted by Gasteiger charge is 2.28. The number of nitrogen functional groups attached to an aromatic ring is 1. The van der Waals surface area contributed by atoms with E-state index in [1.807, 2.05) is 0 Å². The van der Waals surface area contributed by atoms with Gasteiger partial charge in [-0.15, -0.1) is 0 Å². The Balaban J connectivity index is 1.84. The highest BCUT2D eigenvalue weighted by molar-refractivity contribution is 5.96. The van der Waals surface area contributed by atoms with Crippen LogP contribution in [-0.2, 0) is 19.1 Å². The average molecular weight is 334 g/mol. The number of hydrogen-bond donors (Lipinski definition) is 1. The van der Waals surface area contributed by atoms with E-state index >= 15 is 0 Å². The number of para-hydroxylation sites is 1. The summed E-state index contributed by atoms with van der Waals surface area (Å²) in [6.45, 7) is 2.35. The van der Waals surface area contributed by atoms with Crippen molar-refractivity contribution >= 4 is 23.5 Å². The minimum atomic E-state index is -0.617. The number of carbonyl (C=O) groups is 3. The molecule has 1 amide bonds. The Hall–Kier alpha value is -2.57. The maximum Gasteiger partial charge on any atom is 0.340 e. The molecule has 24 heavy (non-hydrogen) atoms. The number of nitrogens with two attached hydrogens (primary N) is 1. The van der Waals surface area contributed by atoms with Crippen molar-refractivity contribution in [3.63, 3.8) is 0 Å². The summed E-state index contributed by atoms with van der Waals surface area (Å²) in [6, 6.07) is 5.07. The number of likely N-dealkylation sites (tertiary alicyclic amines) is 1. The number of hydrogen-bond acceptors (Lipinski definition) is 6. The molecule has 0 saturated carbocycles. The molecular weight excluding hydrogens is 312 g/mol. The Labute approximate surface area is 140 Å². The molecule has 1 heterocycles. The quantitative estimate of drug-likeness (QED) is 0.655. The van der Waals surface area contributed by atoms with E-state index in [0.29, 0.717) is 31.6 Å². The zero-order chi connectivity index (χ0) is 17.7. The number of esters is 2. The summed E-state index contributed by atoms with van der Waals surface area (Å²) in [5.74, 6) is -1.32. The van der Waals surface area contributed by atoms with E-state index in [1.54, 1.807) is 30.0 Å². The van der Waals surface area contributed by atoms with Crippen LogP contribution in [0.25, 0.3) is 0 Å². The number of nitrogens with zero attached hydrogens (tertiary/aromatic N) is 1. The second kappa shape index (κ2) is 7.81. The lowest BCUT2D eigenvalue weighted by Crippen LogP contribution is -2.42. The first-order valence-electron chi connectivity index (χ1n) is 7.82. The van der Waals surface area contributed by atoms with Crippen LogP contribution in [0.15, 0.2) is 18.2 Å². The lowest BCUT2D eigenvalue weighted by atomic mass is 9.97. The predicted molar refractivity (Wildman–Crippen MR) is 87.2 cm³/mol. The van der Waals surface area contributed by atoms with E-state index < -0.39 is 5.97 Å². The van der Waals surface area contributed by atoms with E-state index in [9.17, 15) is 14.4 Å². The molecule has 0 spiro atoms. The van der Waals surface area contributed by atoms with Crippen LogP contribution in [0.4, 0.5) is 5.69 Å². The van der Waals surface area contributed by atoms with Gasteiger partial charge in [0.2, 0.25) is 0 Å². The van der Waals surface area contributed by atoms with E-state index in [-0.39, 0.29) is 30.0 Å². The predicted octanol–water partition coefficient (Wildman–Crippen LogP) is 1.15. The van der Waals surface area contributed by atoms with Crippen LogP contribution in [0.5, 0.6) is 0 Å². The van der Waals surface area contributed by atoms with Gasteiger partial charge in [0, 0.05) is 18.8 Å². The third-order valence-electron chi connectivity index (χ3n) is 4.25. The highest BCUT2D eigenvalue weighted by Crippen LogP contribution is 2.19. The Morgan fingerprint density at radius 2 is 1.92 bits per heavy atom. The fourth-order valence-electron chi connectivity index (χ4n) is 2.69. The van der Waals surface area contributed by atoms with E-state index in [4.69, 9.17) is 15.2 Å². The van der Waals surface area contributed by atoms with Gasteiger partial charge in [0.1, 0.15) is 0 Å². The van der Waals surface area contributed by atoms with Crippen LogP contribution < -0.4 is 5.73 Å².